The minimum absolute atomic E-state index is 0.691. The quantitative estimate of drug-likeness (QED) is 0.569. The van der Waals surface area contributed by atoms with Crippen molar-refractivity contribution >= 4 is 17.9 Å². The third-order valence-electron chi connectivity index (χ3n) is 1.38. The van der Waals surface area contributed by atoms with Crippen LogP contribution in [0.15, 0.2) is 36.5 Å². The van der Waals surface area contributed by atoms with Gasteiger partial charge in [-0.05, 0) is 0 Å². The minimum atomic E-state index is -1.20. The van der Waals surface area contributed by atoms with Crippen molar-refractivity contribution in [3.05, 3.63) is 36.5 Å². The lowest BCUT2D eigenvalue weighted by atomic mass is 10.1. The van der Waals surface area contributed by atoms with Gasteiger partial charge in [0.2, 0.25) is 0 Å². The van der Waals surface area contributed by atoms with Crippen LogP contribution in [0.5, 0.6) is 0 Å². The fourth-order valence-corrected chi connectivity index (χ4v) is 0.773. The number of carbonyl (C=O) groups is 3. The molecule has 0 aliphatic heterocycles. The molecule has 16 heavy (non-hydrogen) atoms. The first-order chi connectivity index (χ1) is 7.41. The van der Waals surface area contributed by atoms with Crippen molar-refractivity contribution in [3.63, 3.8) is 0 Å². The molecule has 0 aliphatic rings. The zero-order chi connectivity index (χ0) is 12.6. The predicted octanol–water partition coefficient (Wildman–Crippen LogP) is 0.525. The van der Waals surface area contributed by atoms with Gasteiger partial charge in [0, 0.05) is 24.1 Å². The third-order valence-corrected chi connectivity index (χ3v) is 1.38. The van der Waals surface area contributed by atoms with E-state index in [1.165, 1.54) is 18.2 Å². The van der Waals surface area contributed by atoms with Crippen LogP contribution in [0.1, 0.15) is 0 Å². The summed E-state index contributed by atoms with van der Waals surface area (Å²) in [5.74, 6) is -4.28. The molecule has 6 nitrogen and oxygen atoms in total. The van der Waals surface area contributed by atoms with E-state index in [-0.39, 0.29) is 0 Å². The summed E-state index contributed by atoms with van der Waals surface area (Å²) in [6.45, 7) is 0. The van der Waals surface area contributed by atoms with E-state index in [4.69, 9.17) is 15.3 Å². The fourth-order valence-electron chi connectivity index (χ4n) is 0.773. The highest BCUT2D eigenvalue weighted by molar-refractivity contribution is 5.82. The molecule has 0 unspecified atom stereocenters. The fraction of sp³-hybridized carbons (Fsp3) is 0.100. The Kier molecular flexibility index (Phi) is 5.96. The van der Waals surface area contributed by atoms with Crippen molar-refractivity contribution in [2.24, 2.45) is 5.92 Å². The summed E-state index contributed by atoms with van der Waals surface area (Å²) in [5, 5.41) is 25.0. The molecule has 0 bridgehead atoms. The van der Waals surface area contributed by atoms with Gasteiger partial charge in [-0.3, -0.25) is 0 Å². The van der Waals surface area contributed by atoms with E-state index < -0.39 is 23.8 Å². The number of aliphatic carboxylic acids is 3. The minimum Gasteiger partial charge on any atom is -0.478 e. The lowest BCUT2D eigenvalue weighted by Gasteiger charge is -1.97. The maximum Gasteiger partial charge on any atom is 0.328 e. The molecule has 0 spiro atoms. The van der Waals surface area contributed by atoms with Crippen LogP contribution >= 0.6 is 0 Å². The number of hydrogen-bond donors (Lipinski definition) is 3. The van der Waals surface area contributed by atoms with Gasteiger partial charge >= 0.3 is 17.9 Å². The number of carboxylic acid groups (broad SMARTS) is 3. The molecule has 0 saturated carbocycles. The highest BCUT2D eigenvalue weighted by Crippen LogP contribution is 2.04. The van der Waals surface area contributed by atoms with Crippen LogP contribution < -0.4 is 0 Å². The summed E-state index contributed by atoms with van der Waals surface area (Å²) in [6.07, 6.45) is 5.93. The van der Waals surface area contributed by atoms with Crippen LogP contribution in [0.2, 0.25) is 0 Å². The topological polar surface area (TPSA) is 112 Å². The Morgan fingerprint density at radius 1 is 0.688 bits per heavy atom. The molecule has 0 atom stereocenters. The molecule has 0 heterocycles. The Morgan fingerprint density at radius 3 is 1.12 bits per heavy atom. The second-order valence-electron chi connectivity index (χ2n) is 2.67. The van der Waals surface area contributed by atoms with Gasteiger partial charge in [0.15, 0.2) is 0 Å². The average molecular weight is 226 g/mol. The molecule has 0 rings (SSSR count). The van der Waals surface area contributed by atoms with Gasteiger partial charge in [0.05, 0.1) is 0 Å². The predicted molar refractivity (Wildman–Crippen MR) is 53.8 cm³/mol. The molecule has 6 heteroatoms. The van der Waals surface area contributed by atoms with Crippen LogP contribution in [0.3, 0.4) is 0 Å². The maximum atomic E-state index is 10.2. The standard InChI is InChI=1S/C10H10O6/c11-8(12)4-1-7(2-5-9(13)14)3-6-10(15)16/h1-7H,(H,11,12)(H,13,14)(H,15,16)/b4-1+,5-2?,6-3?. The van der Waals surface area contributed by atoms with Gasteiger partial charge in [-0.2, -0.15) is 0 Å². The molecule has 0 saturated heterocycles. The van der Waals surface area contributed by atoms with Gasteiger partial charge < -0.3 is 15.3 Å². The highest BCUT2D eigenvalue weighted by atomic mass is 16.4. The Hall–Kier alpha value is -2.37. The van der Waals surface area contributed by atoms with E-state index in [9.17, 15) is 14.4 Å². The Morgan fingerprint density at radius 2 is 0.938 bits per heavy atom. The van der Waals surface area contributed by atoms with E-state index in [0.29, 0.717) is 0 Å². The van der Waals surface area contributed by atoms with Crippen LogP contribution in [0, 0.1) is 5.92 Å². The van der Waals surface area contributed by atoms with E-state index in [1.807, 2.05) is 0 Å². The van der Waals surface area contributed by atoms with Gasteiger partial charge in [0.25, 0.3) is 0 Å². The molecule has 86 valence electrons. The van der Waals surface area contributed by atoms with E-state index >= 15 is 0 Å². The van der Waals surface area contributed by atoms with Gasteiger partial charge in [-0.15, -0.1) is 0 Å². The molecule has 0 fully saturated rings. The van der Waals surface area contributed by atoms with Crippen molar-refractivity contribution in [2.45, 2.75) is 0 Å². The van der Waals surface area contributed by atoms with Crippen molar-refractivity contribution < 1.29 is 29.7 Å². The van der Waals surface area contributed by atoms with Crippen LogP contribution in [0.25, 0.3) is 0 Å². The smallest absolute Gasteiger partial charge is 0.328 e. The lowest BCUT2D eigenvalue weighted by molar-refractivity contribution is -0.132. The first kappa shape index (κ1) is 13.6. The monoisotopic (exact) mass is 226 g/mol. The van der Waals surface area contributed by atoms with E-state index in [0.717, 1.165) is 18.2 Å². The molecule has 0 aliphatic carbocycles. The highest BCUT2D eigenvalue weighted by Gasteiger charge is 1.99. The summed E-state index contributed by atoms with van der Waals surface area (Å²) < 4.78 is 0. The Labute approximate surface area is 90.8 Å². The molecular formula is C10H10O6. The van der Waals surface area contributed by atoms with E-state index in [2.05, 4.69) is 0 Å². The number of rotatable bonds is 6. The summed E-state index contributed by atoms with van der Waals surface area (Å²) in [4.78, 5) is 30.6. The number of allylic oxidation sites excluding steroid dienone is 3. The number of carboxylic acids is 3. The SMILES string of the molecule is O=C(O)C=CC(C=CC(=O)O)/C=C/C(=O)O. The largest absolute Gasteiger partial charge is 0.478 e. The normalized spacial score (nSPS) is 13.5. The van der Waals surface area contributed by atoms with E-state index in [1.54, 1.807) is 0 Å². The zero-order valence-corrected chi connectivity index (χ0v) is 8.11. The van der Waals surface area contributed by atoms with Crippen LogP contribution in [-0.4, -0.2) is 33.2 Å². The number of hydrogen-bond acceptors (Lipinski definition) is 3. The Balaban J connectivity index is 4.69. The average Bonchev–Trinajstić information content (AvgIpc) is 2.15. The second kappa shape index (κ2) is 6.99. The first-order valence-corrected chi connectivity index (χ1v) is 4.15. The van der Waals surface area contributed by atoms with Crippen molar-refractivity contribution in [3.8, 4) is 0 Å². The molecule has 0 radical (unpaired) electrons. The van der Waals surface area contributed by atoms with Gasteiger partial charge in [-0.1, -0.05) is 18.2 Å². The summed E-state index contributed by atoms with van der Waals surface area (Å²) in [5.41, 5.74) is 0. The van der Waals surface area contributed by atoms with Crippen LogP contribution in [-0.2, 0) is 14.4 Å². The third kappa shape index (κ3) is 8.24. The van der Waals surface area contributed by atoms with Crippen molar-refractivity contribution in [1.29, 1.82) is 0 Å². The summed E-state index contributed by atoms with van der Waals surface area (Å²) in [6, 6.07) is 0. The van der Waals surface area contributed by atoms with Crippen molar-refractivity contribution in [2.75, 3.05) is 0 Å². The summed E-state index contributed by atoms with van der Waals surface area (Å²) >= 11 is 0. The molecule has 0 aromatic heterocycles. The second-order valence-corrected chi connectivity index (χ2v) is 2.67. The molecule has 0 aromatic rings. The summed E-state index contributed by atoms with van der Waals surface area (Å²) in [7, 11) is 0. The maximum absolute atomic E-state index is 10.2. The molecule has 0 aromatic carbocycles. The van der Waals surface area contributed by atoms with Gasteiger partial charge in [-0.25, -0.2) is 14.4 Å². The van der Waals surface area contributed by atoms with Gasteiger partial charge in [0.1, 0.15) is 0 Å². The first-order valence-electron chi connectivity index (χ1n) is 4.15. The molecular weight excluding hydrogens is 216 g/mol. The zero-order valence-electron chi connectivity index (χ0n) is 8.11. The van der Waals surface area contributed by atoms with Crippen LogP contribution in [0.4, 0.5) is 0 Å². The molecule has 0 amide bonds. The lowest BCUT2D eigenvalue weighted by Crippen LogP contribution is -1.96. The van der Waals surface area contributed by atoms with Crippen molar-refractivity contribution in [1.82, 2.24) is 0 Å². The molecule has 3 N–H and O–H groups in total. The Bertz CT molecular complexity index is 306.